The van der Waals surface area contributed by atoms with Crippen molar-refractivity contribution < 1.29 is 13.2 Å². The van der Waals surface area contributed by atoms with Crippen molar-refractivity contribution in [2.45, 2.75) is 32.7 Å². The summed E-state index contributed by atoms with van der Waals surface area (Å²) in [6.45, 7) is 3.95. The maximum atomic E-state index is 11.9. The summed E-state index contributed by atoms with van der Waals surface area (Å²) in [5.41, 5.74) is 8.87. The van der Waals surface area contributed by atoms with Crippen LogP contribution in [0.4, 0.5) is 0 Å². The van der Waals surface area contributed by atoms with Crippen molar-refractivity contribution in [3.63, 3.8) is 0 Å². The second-order valence-corrected chi connectivity index (χ2v) is 7.42. The molecule has 0 aliphatic carbocycles. The molecular formula is C14H21NO3S. The number of carbonyl (C=O) groups excluding carboxylic acids is 1. The molecule has 1 atom stereocenters. The first-order valence-corrected chi connectivity index (χ1v) is 8.26. The predicted molar refractivity (Wildman–Crippen MR) is 76.9 cm³/mol. The number of aryl methyl sites for hydroxylation is 2. The van der Waals surface area contributed by atoms with E-state index in [2.05, 4.69) is 0 Å². The summed E-state index contributed by atoms with van der Waals surface area (Å²) in [6.07, 6.45) is 1.59. The third-order valence-corrected chi connectivity index (χ3v) is 3.85. The first kappa shape index (κ1) is 15.9. The number of hydrogen-bond donors (Lipinski definition) is 1. The maximum absolute atomic E-state index is 11.9. The highest BCUT2D eigenvalue weighted by Gasteiger charge is 2.16. The van der Waals surface area contributed by atoms with Crippen molar-refractivity contribution in [2.24, 2.45) is 5.73 Å². The summed E-state index contributed by atoms with van der Waals surface area (Å²) < 4.78 is 22.1. The summed E-state index contributed by atoms with van der Waals surface area (Å²) in [7, 11) is -3.07. The van der Waals surface area contributed by atoms with Gasteiger partial charge in [-0.3, -0.25) is 4.79 Å². The van der Waals surface area contributed by atoms with Crippen molar-refractivity contribution in [1.82, 2.24) is 0 Å². The highest BCUT2D eigenvalue weighted by Crippen LogP contribution is 2.11. The van der Waals surface area contributed by atoms with E-state index in [9.17, 15) is 13.2 Å². The van der Waals surface area contributed by atoms with Gasteiger partial charge in [-0.2, -0.15) is 0 Å². The zero-order valence-electron chi connectivity index (χ0n) is 11.6. The van der Waals surface area contributed by atoms with Gasteiger partial charge in [0.25, 0.3) is 0 Å². The van der Waals surface area contributed by atoms with Gasteiger partial charge in [-0.05, 0) is 25.8 Å². The van der Waals surface area contributed by atoms with E-state index in [0.29, 0.717) is 0 Å². The Morgan fingerprint density at radius 3 is 2.21 bits per heavy atom. The average Bonchev–Trinajstić information content (AvgIpc) is 2.23. The van der Waals surface area contributed by atoms with Crippen molar-refractivity contribution in [2.75, 3.05) is 12.0 Å². The quantitative estimate of drug-likeness (QED) is 0.850. The van der Waals surface area contributed by atoms with Gasteiger partial charge in [-0.15, -0.1) is 0 Å². The minimum absolute atomic E-state index is 0.0489. The fraction of sp³-hybridized carbons (Fsp3) is 0.500. The number of hydrogen-bond acceptors (Lipinski definition) is 4. The molecule has 0 aliphatic heterocycles. The Labute approximate surface area is 114 Å². The van der Waals surface area contributed by atoms with Gasteiger partial charge < -0.3 is 5.73 Å². The molecule has 2 N–H and O–H groups in total. The molecule has 0 saturated heterocycles. The fourth-order valence-electron chi connectivity index (χ4n) is 2.01. The van der Waals surface area contributed by atoms with Crippen LogP contribution in [0.2, 0.25) is 0 Å². The van der Waals surface area contributed by atoms with Gasteiger partial charge in [-0.1, -0.05) is 29.3 Å². The zero-order valence-corrected chi connectivity index (χ0v) is 12.5. The molecule has 4 nitrogen and oxygen atoms in total. The number of Topliss-reactive ketones (excluding diaryl/α,β-unsaturated/α-hetero) is 1. The van der Waals surface area contributed by atoms with E-state index in [4.69, 9.17) is 5.73 Å². The number of sulfone groups is 1. The third-order valence-electron chi connectivity index (χ3n) is 2.87. The summed E-state index contributed by atoms with van der Waals surface area (Å²) in [5.74, 6) is -0.166. The Kier molecular flexibility index (Phi) is 5.26. The van der Waals surface area contributed by atoms with Crippen molar-refractivity contribution in [3.05, 3.63) is 34.9 Å². The van der Waals surface area contributed by atoms with E-state index in [1.54, 1.807) is 0 Å². The second kappa shape index (κ2) is 6.30. The van der Waals surface area contributed by atoms with Gasteiger partial charge in [0.15, 0.2) is 5.78 Å². The Morgan fingerprint density at radius 2 is 1.74 bits per heavy atom. The topological polar surface area (TPSA) is 77.2 Å². The van der Waals surface area contributed by atoms with Crippen LogP contribution in [-0.2, 0) is 21.1 Å². The second-order valence-electron chi connectivity index (χ2n) is 5.16. The molecule has 0 aliphatic rings. The predicted octanol–water partition coefficient (Wildman–Crippen LogP) is 1.18. The van der Waals surface area contributed by atoms with E-state index >= 15 is 0 Å². The van der Waals surface area contributed by atoms with Crippen molar-refractivity contribution in [1.29, 1.82) is 0 Å². The molecule has 0 saturated carbocycles. The summed E-state index contributed by atoms with van der Waals surface area (Å²) in [5, 5.41) is 0. The van der Waals surface area contributed by atoms with Crippen LogP contribution in [0.1, 0.15) is 23.1 Å². The van der Waals surface area contributed by atoms with Crippen LogP contribution in [0.3, 0.4) is 0 Å². The minimum atomic E-state index is -3.07. The van der Waals surface area contributed by atoms with Gasteiger partial charge in [0, 0.05) is 12.7 Å². The van der Waals surface area contributed by atoms with Gasteiger partial charge in [-0.25, -0.2) is 8.42 Å². The highest BCUT2D eigenvalue weighted by molar-refractivity contribution is 7.90. The molecule has 1 unspecified atom stereocenters. The molecule has 0 spiro atoms. The van der Waals surface area contributed by atoms with Crippen LogP contribution < -0.4 is 5.73 Å². The standard InChI is InChI=1S/C14H21NO3S/c1-10-6-11(2)8-12(7-10)9-14(16)13(15)4-5-19(3,17)18/h6-8,13H,4-5,9,15H2,1-3H3. The lowest BCUT2D eigenvalue weighted by molar-refractivity contribution is -0.119. The monoisotopic (exact) mass is 283 g/mol. The lowest BCUT2D eigenvalue weighted by atomic mass is 9.99. The van der Waals surface area contributed by atoms with Crippen molar-refractivity contribution in [3.8, 4) is 0 Å². The lowest BCUT2D eigenvalue weighted by Gasteiger charge is -2.10. The van der Waals surface area contributed by atoms with Crippen LogP contribution in [0.25, 0.3) is 0 Å². The van der Waals surface area contributed by atoms with E-state index in [1.165, 1.54) is 0 Å². The number of rotatable bonds is 6. The van der Waals surface area contributed by atoms with E-state index in [1.807, 2.05) is 32.0 Å². The van der Waals surface area contributed by atoms with Crippen LogP contribution in [0.15, 0.2) is 18.2 Å². The Hall–Kier alpha value is -1.20. The third kappa shape index (κ3) is 5.98. The molecule has 19 heavy (non-hydrogen) atoms. The first-order valence-electron chi connectivity index (χ1n) is 6.20. The molecule has 0 amide bonds. The number of ketones is 1. The zero-order chi connectivity index (χ0) is 14.6. The SMILES string of the molecule is Cc1cc(C)cc(CC(=O)C(N)CCS(C)(=O)=O)c1. The summed E-state index contributed by atoms with van der Waals surface area (Å²) in [4.78, 5) is 11.9. The Morgan fingerprint density at radius 1 is 1.21 bits per heavy atom. The van der Waals surface area contributed by atoms with Gasteiger partial charge >= 0.3 is 0 Å². The molecule has 1 aromatic carbocycles. The number of nitrogens with two attached hydrogens (primary N) is 1. The molecule has 0 heterocycles. The Bertz CT molecular complexity index is 544. The molecule has 5 heteroatoms. The van der Waals surface area contributed by atoms with Crippen LogP contribution in [-0.4, -0.2) is 32.3 Å². The van der Waals surface area contributed by atoms with E-state index in [-0.39, 0.29) is 24.4 Å². The van der Waals surface area contributed by atoms with Gasteiger partial charge in [0.2, 0.25) is 0 Å². The molecule has 1 aromatic rings. The average molecular weight is 283 g/mol. The fourth-order valence-corrected chi connectivity index (χ4v) is 2.69. The number of benzene rings is 1. The van der Waals surface area contributed by atoms with E-state index < -0.39 is 15.9 Å². The summed E-state index contributed by atoms with van der Waals surface area (Å²) in [6, 6.07) is 5.23. The molecule has 106 valence electrons. The van der Waals surface area contributed by atoms with Crippen LogP contribution in [0.5, 0.6) is 0 Å². The number of carbonyl (C=O) groups is 1. The van der Waals surface area contributed by atoms with Gasteiger partial charge in [0.05, 0.1) is 11.8 Å². The molecule has 0 fully saturated rings. The lowest BCUT2D eigenvalue weighted by Crippen LogP contribution is -2.33. The Balaban J connectivity index is 2.63. The molecule has 0 radical (unpaired) electrons. The smallest absolute Gasteiger partial charge is 0.153 e. The van der Waals surface area contributed by atoms with E-state index in [0.717, 1.165) is 22.9 Å². The molecule has 0 aromatic heterocycles. The summed E-state index contributed by atoms with van der Waals surface area (Å²) >= 11 is 0. The first-order chi connectivity index (χ1) is 8.67. The van der Waals surface area contributed by atoms with Crippen LogP contribution in [0, 0.1) is 13.8 Å². The molecule has 1 rings (SSSR count). The highest BCUT2D eigenvalue weighted by atomic mass is 32.2. The normalized spacial score (nSPS) is 13.3. The molecular weight excluding hydrogens is 262 g/mol. The largest absolute Gasteiger partial charge is 0.321 e. The molecule has 0 bridgehead atoms. The van der Waals surface area contributed by atoms with Gasteiger partial charge in [0.1, 0.15) is 9.84 Å². The van der Waals surface area contributed by atoms with Crippen LogP contribution >= 0.6 is 0 Å². The minimum Gasteiger partial charge on any atom is -0.321 e. The van der Waals surface area contributed by atoms with Crippen molar-refractivity contribution >= 4 is 15.6 Å². The maximum Gasteiger partial charge on any atom is 0.153 e.